The normalized spacial score (nSPS) is 15.0. The molecule has 1 aliphatic heterocycles. The number of aromatic amines is 1. The second-order valence-corrected chi connectivity index (χ2v) is 5.98. The lowest BCUT2D eigenvalue weighted by Gasteiger charge is -2.27. The molecule has 1 saturated heterocycles. The van der Waals surface area contributed by atoms with Gasteiger partial charge >= 0.3 is 0 Å². The van der Waals surface area contributed by atoms with E-state index < -0.39 is 4.92 Å². The van der Waals surface area contributed by atoms with Crippen LogP contribution < -0.4 is 20.1 Å². The van der Waals surface area contributed by atoms with Gasteiger partial charge in [-0.15, -0.1) is 0 Å². The van der Waals surface area contributed by atoms with E-state index in [1.165, 1.54) is 11.0 Å². The number of nitrogens with one attached hydrogen (secondary N) is 3. The number of piperazine rings is 1. The standard InChI is InChI=1S/C17H19N5O3/c23-17(19-14-5-1-2-6-15(14)22(24)25)13-20-9-11-21(12-10-20)16-7-3-4-8-18-16/h1-8H,9-13H2,(H,19,23)/p+2. The van der Waals surface area contributed by atoms with E-state index in [1.807, 2.05) is 24.4 Å². The Labute approximate surface area is 145 Å². The van der Waals surface area contributed by atoms with E-state index in [-0.39, 0.29) is 17.3 Å². The molecule has 0 spiro atoms. The summed E-state index contributed by atoms with van der Waals surface area (Å²) in [5, 5.41) is 13.7. The maximum absolute atomic E-state index is 12.2. The zero-order valence-electron chi connectivity index (χ0n) is 13.8. The molecule has 3 N–H and O–H groups in total. The number of amides is 1. The molecule has 0 unspecified atom stereocenters. The summed E-state index contributed by atoms with van der Waals surface area (Å²) in [7, 11) is 0. The van der Waals surface area contributed by atoms with Crippen molar-refractivity contribution in [2.45, 2.75) is 0 Å². The molecule has 1 aromatic carbocycles. The van der Waals surface area contributed by atoms with E-state index in [2.05, 4.69) is 15.2 Å². The number of anilines is 2. The van der Waals surface area contributed by atoms with Gasteiger partial charge in [0, 0.05) is 12.1 Å². The number of nitrogens with zero attached hydrogens (tertiary/aromatic N) is 2. The summed E-state index contributed by atoms with van der Waals surface area (Å²) >= 11 is 0. The Morgan fingerprint density at radius 2 is 1.92 bits per heavy atom. The van der Waals surface area contributed by atoms with Gasteiger partial charge in [-0.05, 0) is 12.1 Å². The van der Waals surface area contributed by atoms with Crippen LogP contribution in [0.5, 0.6) is 0 Å². The number of hydrogen-bond acceptors (Lipinski definition) is 4. The zero-order chi connectivity index (χ0) is 17.6. The number of hydrogen-bond donors (Lipinski definition) is 2. The number of carbonyl (C=O) groups is 1. The first-order chi connectivity index (χ1) is 12.1. The predicted molar refractivity (Wildman–Crippen MR) is 92.5 cm³/mol. The van der Waals surface area contributed by atoms with Gasteiger partial charge in [0.2, 0.25) is 0 Å². The minimum atomic E-state index is -0.488. The molecule has 0 aliphatic carbocycles. The number of pyridine rings is 1. The number of carbonyl (C=O) groups excluding carboxylic acids is 1. The lowest BCUT2D eigenvalue weighted by molar-refractivity contribution is -0.892. The van der Waals surface area contributed by atoms with Crippen LogP contribution in [0.15, 0.2) is 48.7 Å². The molecule has 0 bridgehead atoms. The number of para-hydroxylation sites is 2. The fraction of sp³-hybridized carbons (Fsp3) is 0.294. The third kappa shape index (κ3) is 4.30. The number of nitro groups is 1. The van der Waals surface area contributed by atoms with Gasteiger partial charge in [0.1, 0.15) is 31.9 Å². The second-order valence-electron chi connectivity index (χ2n) is 5.98. The molecule has 1 amide bonds. The average Bonchev–Trinajstić information content (AvgIpc) is 2.63. The summed E-state index contributed by atoms with van der Waals surface area (Å²) in [4.78, 5) is 29.4. The van der Waals surface area contributed by atoms with Crippen LogP contribution in [0.3, 0.4) is 0 Å². The molecule has 0 radical (unpaired) electrons. The fourth-order valence-electron chi connectivity index (χ4n) is 2.98. The number of quaternary nitrogens is 1. The van der Waals surface area contributed by atoms with Crippen LogP contribution in [0.2, 0.25) is 0 Å². The van der Waals surface area contributed by atoms with E-state index in [9.17, 15) is 14.9 Å². The lowest BCUT2D eigenvalue weighted by atomic mass is 10.2. The van der Waals surface area contributed by atoms with Gasteiger partial charge in [-0.1, -0.05) is 18.2 Å². The maximum Gasteiger partial charge on any atom is 0.292 e. The van der Waals surface area contributed by atoms with Crippen LogP contribution in [0.1, 0.15) is 0 Å². The van der Waals surface area contributed by atoms with Gasteiger partial charge < -0.3 is 10.2 Å². The number of benzene rings is 1. The summed E-state index contributed by atoms with van der Waals surface area (Å²) in [6, 6.07) is 12.2. The van der Waals surface area contributed by atoms with Crippen molar-refractivity contribution in [3.63, 3.8) is 0 Å². The molecule has 3 rings (SSSR count). The van der Waals surface area contributed by atoms with Crippen LogP contribution in [0, 0.1) is 10.1 Å². The van der Waals surface area contributed by atoms with Crippen molar-refractivity contribution < 1.29 is 19.6 Å². The SMILES string of the molecule is O=C(C[NH+]1CCN(c2cccc[nH+]2)CC1)Nc1ccccc1[N+](=O)[O-]. The third-order valence-electron chi connectivity index (χ3n) is 4.29. The fourth-order valence-corrected chi connectivity index (χ4v) is 2.98. The van der Waals surface area contributed by atoms with Crippen molar-refractivity contribution in [1.29, 1.82) is 0 Å². The Hall–Kier alpha value is -3.00. The lowest BCUT2D eigenvalue weighted by Crippen LogP contribution is -3.15. The number of nitro benzene ring substituents is 1. The smallest absolute Gasteiger partial charge is 0.292 e. The van der Waals surface area contributed by atoms with E-state index in [0.717, 1.165) is 32.0 Å². The monoisotopic (exact) mass is 343 g/mol. The van der Waals surface area contributed by atoms with Crippen LogP contribution in [0.25, 0.3) is 0 Å². The molecule has 8 heteroatoms. The first-order valence-corrected chi connectivity index (χ1v) is 8.22. The summed E-state index contributed by atoms with van der Waals surface area (Å²) < 4.78 is 0. The molecule has 8 nitrogen and oxygen atoms in total. The van der Waals surface area contributed by atoms with Crippen LogP contribution in [0.4, 0.5) is 17.2 Å². The maximum atomic E-state index is 12.2. The molecular weight excluding hydrogens is 322 g/mol. The molecular formula is C17H21N5O3+2. The van der Waals surface area contributed by atoms with Crippen molar-refractivity contribution in [2.24, 2.45) is 0 Å². The van der Waals surface area contributed by atoms with Crippen molar-refractivity contribution in [3.8, 4) is 0 Å². The summed E-state index contributed by atoms with van der Waals surface area (Å²) in [6.45, 7) is 3.70. The Bertz CT molecular complexity index is 745. The molecule has 1 aromatic heterocycles. The first-order valence-electron chi connectivity index (χ1n) is 8.22. The van der Waals surface area contributed by atoms with Gasteiger partial charge in [-0.3, -0.25) is 19.8 Å². The van der Waals surface area contributed by atoms with Crippen LogP contribution >= 0.6 is 0 Å². The van der Waals surface area contributed by atoms with Crippen molar-refractivity contribution >= 4 is 23.1 Å². The molecule has 1 aliphatic rings. The van der Waals surface area contributed by atoms with Crippen LogP contribution in [-0.2, 0) is 4.79 Å². The van der Waals surface area contributed by atoms with E-state index in [1.54, 1.807) is 18.2 Å². The number of rotatable bonds is 5. The summed E-state index contributed by atoms with van der Waals surface area (Å²) in [5.41, 5.74) is 0.157. The molecule has 25 heavy (non-hydrogen) atoms. The number of H-pyrrole nitrogens is 1. The van der Waals surface area contributed by atoms with Crippen molar-refractivity contribution in [1.82, 2.24) is 0 Å². The Balaban J connectivity index is 1.52. The predicted octanol–water partition coefficient (Wildman–Crippen LogP) is -0.247. The van der Waals surface area contributed by atoms with Gasteiger partial charge in [-0.2, -0.15) is 0 Å². The first kappa shape index (κ1) is 16.8. The topological polar surface area (TPSA) is 94.1 Å². The van der Waals surface area contributed by atoms with E-state index in [0.29, 0.717) is 6.54 Å². The highest BCUT2D eigenvalue weighted by Gasteiger charge is 2.27. The Morgan fingerprint density at radius 1 is 1.20 bits per heavy atom. The molecule has 2 aromatic rings. The highest BCUT2D eigenvalue weighted by Crippen LogP contribution is 2.22. The van der Waals surface area contributed by atoms with Crippen LogP contribution in [-0.4, -0.2) is 43.6 Å². The largest absolute Gasteiger partial charge is 0.321 e. The quantitative estimate of drug-likeness (QED) is 0.578. The molecule has 2 heterocycles. The van der Waals surface area contributed by atoms with Gasteiger partial charge in [0.05, 0.1) is 11.1 Å². The molecule has 0 atom stereocenters. The molecule has 1 fully saturated rings. The van der Waals surface area contributed by atoms with Gasteiger partial charge in [0.15, 0.2) is 6.54 Å². The minimum absolute atomic E-state index is 0.0877. The minimum Gasteiger partial charge on any atom is -0.321 e. The highest BCUT2D eigenvalue weighted by atomic mass is 16.6. The van der Waals surface area contributed by atoms with E-state index in [4.69, 9.17) is 0 Å². The van der Waals surface area contributed by atoms with Crippen molar-refractivity contribution in [2.75, 3.05) is 42.9 Å². The zero-order valence-corrected chi connectivity index (χ0v) is 13.8. The highest BCUT2D eigenvalue weighted by molar-refractivity contribution is 5.93. The van der Waals surface area contributed by atoms with Gasteiger partial charge in [-0.25, -0.2) is 4.98 Å². The molecule has 0 saturated carbocycles. The second kappa shape index (κ2) is 7.71. The Kier molecular flexibility index (Phi) is 5.20. The number of aromatic nitrogens is 1. The Morgan fingerprint density at radius 3 is 2.60 bits per heavy atom. The summed E-state index contributed by atoms with van der Waals surface area (Å²) in [5.74, 6) is 0.870. The molecule has 130 valence electrons. The third-order valence-corrected chi connectivity index (χ3v) is 4.29. The van der Waals surface area contributed by atoms with Gasteiger partial charge in [0.25, 0.3) is 17.4 Å². The average molecular weight is 343 g/mol. The van der Waals surface area contributed by atoms with Crippen molar-refractivity contribution in [3.05, 3.63) is 58.8 Å². The van der Waals surface area contributed by atoms with E-state index >= 15 is 0 Å². The summed E-state index contributed by atoms with van der Waals surface area (Å²) in [6.07, 6.45) is 1.90.